The lowest BCUT2D eigenvalue weighted by atomic mass is 10.1. The summed E-state index contributed by atoms with van der Waals surface area (Å²) in [5.74, 6) is 1.11. The van der Waals surface area contributed by atoms with Crippen molar-refractivity contribution in [2.24, 2.45) is 16.8 Å². The first-order valence-corrected chi connectivity index (χ1v) is 5.78. The van der Waals surface area contributed by atoms with Gasteiger partial charge in [-0.15, -0.1) is 0 Å². The molecule has 1 heterocycles. The monoisotopic (exact) mass is 267 g/mol. The molecule has 4 heteroatoms. The number of hydrogen-bond acceptors (Lipinski definition) is 3. The fraction of sp³-hybridized carbons (Fsp3) is 0.364. The quantitative estimate of drug-likeness (QED) is 0.893. The molecule has 15 heavy (non-hydrogen) atoms. The zero-order valence-corrected chi connectivity index (χ0v) is 10.2. The lowest BCUT2D eigenvalue weighted by molar-refractivity contribution is 0.292. The lowest BCUT2D eigenvalue weighted by Crippen LogP contribution is -2.20. The third kappa shape index (κ3) is 2.50. The summed E-state index contributed by atoms with van der Waals surface area (Å²) in [6, 6.07) is 8.26. The first kappa shape index (κ1) is 10.5. The summed E-state index contributed by atoms with van der Waals surface area (Å²) >= 11 is 3.46. The Morgan fingerprint density at radius 1 is 1.60 bits per heavy atom. The molecule has 0 spiro atoms. The average molecular weight is 268 g/mol. The smallest absolute Gasteiger partial charge is 0.124 e. The molecule has 1 aromatic carbocycles. The van der Waals surface area contributed by atoms with Crippen molar-refractivity contribution in [3.63, 3.8) is 0 Å². The highest BCUT2D eigenvalue weighted by atomic mass is 79.9. The van der Waals surface area contributed by atoms with Crippen LogP contribution in [0.1, 0.15) is 12.5 Å². The molecule has 0 aromatic heterocycles. The summed E-state index contributed by atoms with van der Waals surface area (Å²) in [6.45, 7) is 3.84. The molecule has 1 aliphatic rings. The molecule has 0 radical (unpaired) electrons. The Hall–Kier alpha value is -1.03. The van der Waals surface area contributed by atoms with E-state index in [1.807, 2.05) is 17.1 Å². The van der Waals surface area contributed by atoms with Crippen molar-refractivity contribution in [1.82, 2.24) is 5.01 Å². The standard InChI is InChI=1S/C11H14BrN3/c1-8-6-15(14-11(8)13)7-9-3-2-4-10(12)5-9/h2-5,8H,6-7H2,1H3,(H2,13,14). The van der Waals surface area contributed by atoms with Gasteiger partial charge in [0.2, 0.25) is 0 Å². The number of rotatable bonds is 2. The van der Waals surface area contributed by atoms with Crippen molar-refractivity contribution < 1.29 is 0 Å². The van der Waals surface area contributed by atoms with Crippen molar-refractivity contribution >= 4 is 21.8 Å². The Bertz CT molecular complexity index is 389. The summed E-state index contributed by atoms with van der Waals surface area (Å²) in [6.07, 6.45) is 0. The third-order valence-electron chi connectivity index (χ3n) is 2.50. The number of hydrogen-bond donors (Lipinski definition) is 1. The molecule has 0 aliphatic carbocycles. The van der Waals surface area contributed by atoms with Crippen LogP contribution in [-0.4, -0.2) is 17.4 Å². The van der Waals surface area contributed by atoms with E-state index in [0.29, 0.717) is 5.92 Å². The Morgan fingerprint density at radius 2 is 2.40 bits per heavy atom. The molecule has 0 saturated carbocycles. The van der Waals surface area contributed by atoms with Gasteiger partial charge in [0.05, 0.1) is 6.54 Å². The van der Waals surface area contributed by atoms with Crippen LogP contribution < -0.4 is 5.73 Å². The highest BCUT2D eigenvalue weighted by Crippen LogP contribution is 2.17. The maximum Gasteiger partial charge on any atom is 0.124 e. The fourth-order valence-corrected chi connectivity index (χ4v) is 2.10. The zero-order valence-electron chi connectivity index (χ0n) is 8.65. The van der Waals surface area contributed by atoms with Gasteiger partial charge in [-0.2, -0.15) is 5.10 Å². The van der Waals surface area contributed by atoms with Gasteiger partial charge in [-0.05, 0) is 17.7 Å². The van der Waals surface area contributed by atoms with E-state index in [4.69, 9.17) is 5.73 Å². The zero-order chi connectivity index (χ0) is 10.8. The van der Waals surface area contributed by atoms with Gasteiger partial charge in [0.25, 0.3) is 0 Å². The van der Waals surface area contributed by atoms with Gasteiger partial charge in [0.1, 0.15) is 5.84 Å². The van der Waals surface area contributed by atoms with Crippen LogP contribution in [0.2, 0.25) is 0 Å². The predicted octanol–water partition coefficient (Wildman–Crippen LogP) is 2.17. The van der Waals surface area contributed by atoms with Crippen molar-refractivity contribution in [2.45, 2.75) is 13.5 Å². The third-order valence-corrected chi connectivity index (χ3v) is 2.99. The van der Waals surface area contributed by atoms with Crippen LogP contribution in [0.5, 0.6) is 0 Å². The van der Waals surface area contributed by atoms with E-state index in [1.165, 1.54) is 5.56 Å². The summed E-state index contributed by atoms with van der Waals surface area (Å²) in [4.78, 5) is 0. The molecule has 1 atom stereocenters. The topological polar surface area (TPSA) is 41.6 Å². The lowest BCUT2D eigenvalue weighted by Gasteiger charge is -2.14. The first-order chi connectivity index (χ1) is 7.15. The molecule has 0 fully saturated rings. The van der Waals surface area contributed by atoms with Crippen LogP contribution in [0.25, 0.3) is 0 Å². The Labute approximate surface area is 98.1 Å². The summed E-state index contributed by atoms with van der Waals surface area (Å²) in [5, 5.41) is 6.32. The number of nitrogens with two attached hydrogens (primary N) is 1. The van der Waals surface area contributed by atoms with E-state index in [0.717, 1.165) is 23.4 Å². The van der Waals surface area contributed by atoms with Gasteiger partial charge in [0.15, 0.2) is 0 Å². The second-order valence-electron chi connectivity index (χ2n) is 3.90. The predicted molar refractivity (Wildman–Crippen MR) is 65.3 cm³/mol. The van der Waals surface area contributed by atoms with Gasteiger partial charge >= 0.3 is 0 Å². The SMILES string of the molecule is CC1CN(Cc2cccc(Br)c2)N=C1N. The fourth-order valence-electron chi connectivity index (χ4n) is 1.66. The summed E-state index contributed by atoms with van der Waals surface area (Å²) in [7, 11) is 0. The molecular formula is C11H14BrN3. The van der Waals surface area contributed by atoms with Crippen LogP contribution in [0.3, 0.4) is 0 Å². The van der Waals surface area contributed by atoms with Crippen LogP contribution in [-0.2, 0) is 6.54 Å². The van der Waals surface area contributed by atoms with E-state index < -0.39 is 0 Å². The van der Waals surface area contributed by atoms with E-state index in [2.05, 4.69) is 40.1 Å². The molecule has 0 amide bonds. The molecule has 1 unspecified atom stereocenters. The van der Waals surface area contributed by atoms with Gasteiger partial charge in [0, 0.05) is 16.9 Å². The molecule has 1 aromatic rings. The van der Waals surface area contributed by atoms with E-state index >= 15 is 0 Å². The molecule has 3 nitrogen and oxygen atoms in total. The number of halogens is 1. The minimum Gasteiger partial charge on any atom is -0.385 e. The second-order valence-corrected chi connectivity index (χ2v) is 4.82. The van der Waals surface area contributed by atoms with E-state index in [1.54, 1.807) is 0 Å². The van der Waals surface area contributed by atoms with E-state index in [9.17, 15) is 0 Å². The van der Waals surface area contributed by atoms with Crippen LogP contribution in [0, 0.1) is 5.92 Å². The van der Waals surface area contributed by atoms with Gasteiger partial charge in [-0.1, -0.05) is 35.0 Å². The largest absolute Gasteiger partial charge is 0.385 e. The van der Waals surface area contributed by atoms with Gasteiger partial charge < -0.3 is 5.73 Å². The van der Waals surface area contributed by atoms with Crippen molar-refractivity contribution in [1.29, 1.82) is 0 Å². The number of benzene rings is 1. The number of nitrogens with zero attached hydrogens (tertiary/aromatic N) is 2. The Kier molecular flexibility index (Phi) is 2.95. The Balaban J connectivity index is 2.05. The molecular weight excluding hydrogens is 254 g/mol. The van der Waals surface area contributed by atoms with Crippen molar-refractivity contribution in [3.05, 3.63) is 34.3 Å². The summed E-state index contributed by atoms with van der Waals surface area (Å²) in [5.41, 5.74) is 7.00. The number of hydrazone groups is 1. The first-order valence-electron chi connectivity index (χ1n) is 4.98. The minimum absolute atomic E-state index is 0.372. The molecule has 0 saturated heterocycles. The van der Waals surface area contributed by atoms with Crippen molar-refractivity contribution in [2.75, 3.05) is 6.54 Å². The number of amidine groups is 1. The van der Waals surface area contributed by atoms with Crippen LogP contribution in [0.4, 0.5) is 0 Å². The maximum absolute atomic E-state index is 5.75. The normalized spacial score (nSPS) is 20.5. The van der Waals surface area contributed by atoms with E-state index in [-0.39, 0.29) is 0 Å². The van der Waals surface area contributed by atoms with Crippen LogP contribution >= 0.6 is 15.9 Å². The van der Waals surface area contributed by atoms with Gasteiger partial charge in [-0.3, -0.25) is 5.01 Å². The summed E-state index contributed by atoms with van der Waals surface area (Å²) < 4.78 is 1.10. The van der Waals surface area contributed by atoms with Crippen molar-refractivity contribution in [3.8, 4) is 0 Å². The minimum atomic E-state index is 0.372. The maximum atomic E-state index is 5.75. The average Bonchev–Trinajstić information content (AvgIpc) is 2.45. The molecule has 1 aliphatic heterocycles. The van der Waals surface area contributed by atoms with Crippen LogP contribution in [0.15, 0.2) is 33.8 Å². The van der Waals surface area contributed by atoms with Gasteiger partial charge in [-0.25, -0.2) is 0 Å². The molecule has 80 valence electrons. The molecule has 2 rings (SSSR count). The molecule has 0 bridgehead atoms. The highest BCUT2D eigenvalue weighted by molar-refractivity contribution is 9.10. The second kappa shape index (κ2) is 4.23. The molecule has 2 N–H and O–H groups in total. The highest BCUT2D eigenvalue weighted by Gasteiger charge is 2.19. The Morgan fingerprint density at radius 3 is 3.00 bits per heavy atom.